The van der Waals surface area contributed by atoms with Gasteiger partial charge < -0.3 is 15.0 Å². The summed E-state index contributed by atoms with van der Waals surface area (Å²) in [4.78, 5) is 29.9. The monoisotopic (exact) mass is 389 g/mol. The number of rotatable bonds is 8. The first-order valence-corrected chi connectivity index (χ1v) is 9.33. The van der Waals surface area contributed by atoms with Crippen molar-refractivity contribution in [1.82, 2.24) is 10.3 Å². The standard InChI is InChI=1S/C23H23N3O3/c1-18(27)26(16-23(28)25-15-20-9-5-6-14-24-20)21-10-12-22(13-11-21)29-17-19-7-3-2-4-8-19/h2-14H,15-17H2,1H3,(H,25,28). The van der Waals surface area contributed by atoms with Crippen LogP contribution in [0.4, 0.5) is 5.69 Å². The highest BCUT2D eigenvalue weighted by Gasteiger charge is 2.16. The molecule has 0 aliphatic heterocycles. The summed E-state index contributed by atoms with van der Waals surface area (Å²) in [7, 11) is 0. The molecule has 0 radical (unpaired) electrons. The Kier molecular flexibility index (Phi) is 6.95. The average Bonchev–Trinajstić information content (AvgIpc) is 2.76. The molecule has 0 saturated heterocycles. The Morgan fingerprint density at radius 1 is 0.966 bits per heavy atom. The van der Waals surface area contributed by atoms with Gasteiger partial charge in [0.2, 0.25) is 11.8 Å². The zero-order valence-corrected chi connectivity index (χ0v) is 16.2. The van der Waals surface area contributed by atoms with Crippen LogP contribution in [0.1, 0.15) is 18.2 Å². The molecule has 1 aromatic heterocycles. The Labute approximate surface area is 170 Å². The largest absolute Gasteiger partial charge is 0.489 e. The van der Waals surface area contributed by atoms with Crippen LogP contribution in [0, 0.1) is 0 Å². The van der Waals surface area contributed by atoms with Crippen molar-refractivity contribution in [2.75, 3.05) is 11.4 Å². The Morgan fingerprint density at radius 3 is 2.34 bits per heavy atom. The highest BCUT2D eigenvalue weighted by atomic mass is 16.5. The molecule has 6 heteroatoms. The molecule has 0 unspecified atom stereocenters. The van der Waals surface area contributed by atoms with Crippen molar-refractivity contribution in [2.45, 2.75) is 20.1 Å². The summed E-state index contributed by atoms with van der Waals surface area (Å²) in [6, 6.07) is 22.5. The number of nitrogens with one attached hydrogen (secondary N) is 1. The van der Waals surface area contributed by atoms with Crippen molar-refractivity contribution in [3.05, 3.63) is 90.3 Å². The smallest absolute Gasteiger partial charge is 0.240 e. The number of pyridine rings is 1. The molecular formula is C23H23N3O3. The topological polar surface area (TPSA) is 71.5 Å². The lowest BCUT2D eigenvalue weighted by Gasteiger charge is -2.21. The summed E-state index contributed by atoms with van der Waals surface area (Å²) in [5.41, 5.74) is 2.47. The predicted molar refractivity (Wildman–Crippen MR) is 111 cm³/mol. The van der Waals surface area contributed by atoms with Crippen molar-refractivity contribution in [2.24, 2.45) is 0 Å². The number of aromatic nitrogens is 1. The van der Waals surface area contributed by atoms with E-state index in [0.717, 1.165) is 11.3 Å². The number of carbonyl (C=O) groups is 2. The number of benzene rings is 2. The molecule has 2 aromatic carbocycles. The van der Waals surface area contributed by atoms with Gasteiger partial charge in [-0.2, -0.15) is 0 Å². The molecule has 0 bridgehead atoms. The van der Waals surface area contributed by atoms with E-state index in [0.29, 0.717) is 24.6 Å². The van der Waals surface area contributed by atoms with Gasteiger partial charge in [-0.05, 0) is 42.0 Å². The minimum atomic E-state index is -0.254. The highest BCUT2D eigenvalue weighted by molar-refractivity contribution is 5.97. The van der Waals surface area contributed by atoms with Crippen molar-refractivity contribution in [1.29, 1.82) is 0 Å². The van der Waals surface area contributed by atoms with Crippen LogP contribution in [0.5, 0.6) is 5.75 Å². The third-order valence-electron chi connectivity index (χ3n) is 4.27. The minimum Gasteiger partial charge on any atom is -0.489 e. The Bertz CT molecular complexity index is 929. The first-order valence-electron chi connectivity index (χ1n) is 9.33. The van der Waals surface area contributed by atoms with E-state index in [1.54, 1.807) is 30.5 Å². The van der Waals surface area contributed by atoms with Crippen molar-refractivity contribution in [3.8, 4) is 5.75 Å². The van der Waals surface area contributed by atoms with Crippen molar-refractivity contribution >= 4 is 17.5 Å². The van der Waals surface area contributed by atoms with E-state index < -0.39 is 0 Å². The fraction of sp³-hybridized carbons (Fsp3) is 0.174. The van der Waals surface area contributed by atoms with Crippen LogP contribution in [-0.4, -0.2) is 23.3 Å². The van der Waals surface area contributed by atoms with Gasteiger partial charge in [0.25, 0.3) is 0 Å². The van der Waals surface area contributed by atoms with Crippen LogP contribution in [-0.2, 0) is 22.7 Å². The third kappa shape index (κ3) is 6.17. The second-order valence-corrected chi connectivity index (χ2v) is 6.47. The second-order valence-electron chi connectivity index (χ2n) is 6.47. The van der Waals surface area contributed by atoms with E-state index in [4.69, 9.17) is 4.74 Å². The molecule has 0 fully saturated rings. The van der Waals surface area contributed by atoms with Gasteiger partial charge in [0.1, 0.15) is 18.9 Å². The van der Waals surface area contributed by atoms with Crippen molar-refractivity contribution < 1.29 is 14.3 Å². The molecule has 1 heterocycles. The van der Waals surface area contributed by atoms with E-state index in [9.17, 15) is 9.59 Å². The molecule has 148 valence electrons. The van der Waals surface area contributed by atoms with Crippen LogP contribution < -0.4 is 15.0 Å². The summed E-state index contributed by atoms with van der Waals surface area (Å²) >= 11 is 0. The fourth-order valence-electron chi connectivity index (χ4n) is 2.74. The van der Waals surface area contributed by atoms with Gasteiger partial charge in [-0.15, -0.1) is 0 Å². The normalized spacial score (nSPS) is 10.2. The summed E-state index contributed by atoms with van der Waals surface area (Å²) < 4.78 is 5.77. The molecule has 0 saturated carbocycles. The predicted octanol–water partition coefficient (Wildman–Crippen LogP) is 3.33. The lowest BCUT2D eigenvalue weighted by atomic mass is 10.2. The van der Waals surface area contributed by atoms with Gasteiger partial charge >= 0.3 is 0 Å². The van der Waals surface area contributed by atoms with E-state index in [1.807, 2.05) is 48.5 Å². The molecule has 29 heavy (non-hydrogen) atoms. The van der Waals surface area contributed by atoms with Crippen LogP contribution in [0.3, 0.4) is 0 Å². The fourth-order valence-corrected chi connectivity index (χ4v) is 2.74. The third-order valence-corrected chi connectivity index (χ3v) is 4.27. The molecule has 3 aromatic rings. The average molecular weight is 389 g/mol. The number of carbonyl (C=O) groups excluding carboxylic acids is 2. The van der Waals surface area contributed by atoms with Gasteiger partial charge in [0.15, 0.2) is 0 Å². The molecule has 1 N–H and O–H groups in total. The summed E-state index contributed by atoms with van der Waals surface area (Å²) in [6.07, 6.45) is 1.67. The molecule has 0 atom stereocenters. The number of hydrogen-bond acceptors (Lipinski definition) is 4. The number of anilines is 1. The Morgan fingerprint density at radius 2 is 1.69 bits per heavy atom. The highest BCUT2D eigenvalue weighted by Crippen LogP contribution is 2.20. The maximum Gasteiger partial charge on any atom is 0.240 e. The maximum absolute atomic E-state index is 12.3. The van der Waals surface area contributed by atoms with E-state index in [1.165, 1.54) is 11.8 Å². The van der Waals surface area contributed by atoms with E-state index in [-0.39, 0.29) is 18.4 Å². The van der Waals surface area contributed by atoms with Gasteiger partial charge in [-0.1, -0.05) is 36.4 Å². The SMILES string of the molecule is CC(=O)N(CC(=O)NCc1ccccn1)c1ccc(OCc2ccccc2)cc1. The van der Waals surface area contributed by atoms with E-state index in [2.05, 4.69) is 10.3 Å². The first kappa shape index (κ1) is 20.1. The molecule has 3 rings (SSSR count). The Hall–Kier alpha value is -3.67. The van der Waals surface area contributed by atoms with Gasteiger partial charge in [-0.25, -0.2) is 0 Å². The van der Waals surface area contributed by atoms with Crippen LogP contribution in [0.2, 0.25) is 0 Å². The summed E-state index contributed by atoms with van der Waals surface area (Å²) in [6.45, 7) is 2.16. The molecule has 0 spiro atoms. The quantitative estimate of drug-likeness (QED) is 0.641. The lowest BCUT2D eigenvalue weighted by Crippen LogP contribution is -2.39. The zero-order chi connectivity index (χ0) is 20.5. The first-order chi connectivity index (χ1) is 14.1. The summed E-state index contributed by atoms with van der Waals surface area (Å²) in [5, 5.41) is 2.78. The van der Waals surface area contributed by atoms with Crippen LogP contribution >= 0.6 is 0 Å². The number of nitrogens with zero attached hydrogens (tertiary/aromatic N) is 2. The lowest BCUT2D eigenvalue weighted by molar-refractivity contribution is -0.123. The van der Waals surface area contributed by atoms with Gasteiger partial charge in [0.05, 0.1) is 12.2 Å². The van der Waals surface area contributed by atoms with Crippen LogP contribution in [0.25, 0.3) is 0 Å². The molecule has 0 aliphatic carbocycles. The van der Waals surface area contributed by atoms with Gasteiger partial charge in [-0.3, -0.25) is 14.6 Å². The molecular weight excluding hydrogens is 366 g/mol. The zero-order valence-electron chi connectivity index (χ0n) is 16.2. The van der Waals surface area contributed by atoms with Crippen LogP contribution in [0.15, 0.2) is 79.0 Å². The summed E-state index contributed by atoms with van der Waals surface area (Å²) in [5.74, 6) is 0.229. The molecule has 2 amide bonds. The number of amides is 2. The number of hydrogen-bond donors (Lipinski definition) is 1. The molecule has 0 aliphatic rings. The second kappa shape index (κ2) is 10.0. The Balaban J connectivity index is 1.56. The molecule has 6 nitrogen and oxygen atoms in total. The van der Waals surface area contributed by atoms with Gasteiger partial charge in [0, 0.05) is 18.8 Å². The number of ether oxygens (including phenoxy) is 1. The maximum atomic E-state index is 12.3. The van der Waals surface area contributed by atoms with Crippen molar-refractivity contribution in [3.63, 3.8) is 0 Å². The van der Waals surface area contributed by atoms with E-state index >= 15 is 0 Å². The minimum absolute atomic E-state index is 0.0631.